The zero-order valence-electron chi connectivity index (χ0n) is 58.1. The van der Waals surface area contributed by atoms with Gasteiger partial charge in [-0.1, -0.05) is 121 Å². The second-order valence-electron chi connectivity index (χ2n) is 37.1. The molecule has 15 fully saturated rings. The van der Waals surface area contributed by atoms with Gasteiger partial charge >= 0.3 is 0 Å². The van der Waals surface area contributed by atoms with Gasteiger partial charge in [0.1, 0.15) is 0 Å². The minimum Gasteiger partial charge on any atom is -0.294 e. The fourth-order valence-corrected chi connectivity index (χ4v) is 34.0. The molecular weight excluding hydrogens is 1020 g/mol. The summed E-state index contributed by atoms with van der Waals surface area (Å²) >= 11 is 0. The van der Waals surface area contributed by atoms with Gasteiger partial charge in [-0.05, 0) is 364 Å². The van der Waals surface area contributed by atoms with Crippen LogP contribution in [0.3, 0.4) is 0 Å². The summed E-state index contributed by atoms with van der Waals surface area (Å²) in [7, 11) is 0. The quantitative estimate of drug-likeness (QED) is 0.171. The lowest BCUT2D eigenvalue weighted by Gasteiger charge is -2.55. The first-order valence-electron chi connectivity index (χ1n) is 41.0. The van der Waals surface area contributed by atoms with Crippen molar-refractivity contribution in [3.05, 3.63) is 0 Å². The van der Waals surface area contributed by atoms with Crippen molar-refractivity contribution < 1.29 is 0 Å². The van der Waals surface area contributed by atoms with Crippen LogP contribution in [0.15, 0.2) is 0 Å². The number of rotatable bonds is 14. The van der Waals surface area contributed by atoms with Crippen molar-refractivity contribution in [1.82, 2.24) is 9.80 Å². The summed E-state index contributed by atoms with van der Waals surface area (Å²) in [5.41, 5.74) is 2.95. The van der Waals surface area contributed by atoms with Crippen LogP contribution in [0.25, 0.3) is 0 Å². The average Bonchev–Trinajstić information content (AvgIpc) is 1.99. The highest BCUT2D eigenvalue weighted by Gasteiger charge is 2.67. The zero-order chi connectivity index (χ0) is 58.4. The molecule has 0 N–H and O–H groups in total. The molecule has 15 aliphatic carbocycles. The van der Waals surface area contributed by atoms with Gasteiger partial charge in [0, 0.05) is 36.3 Å². The molecule has 26 unspecified atom stereocenters. The molecule has 0 aliphatic heterocycles. The van der Waals surface area contributed by atoms with E-state index >= 15 is 0 Å². The molecule has 85 heavy (non-hydrogen) atoms. The summed E-state index contributed by atoms with van der Waals surface area (Å²) in [6.07, 6.45) is 64.9. The van der Waals surface area contributed by atoms with Gasteiger partial charge in [0.15, 0.2) is 0 Å². The summed E-state index contributed by atoms with van der Waals surface area (Å²) in [4.78, 5) is 7.21. The fraction of sp³-hybridized carbons (Fsp3) is 1.00. The lowest BCUT2D eigenvalue weighted by atomic mass is 9.60. The molecule has 0 heterocycles. The van der Waals surface area contributed by atoms with Crippen molar-refractivity contribution in [2.24, 2.45) is 145 Å². The maximum Gasteiger partial charge on any atom is 0.0104 e. The second-order valence-corrected chi connectivity index (χ2v) is 37.1. The van der Waals surface area contributed by atoms with Crippen LogP contribution in [0.1, 0.15) is 339 Å². The van der Waals surface area contributed by atoms with Crippen molar-refractivity contribution >= 4 is 0 Å². The fourth-order valence-electron chi connectivity index (χ4n) is 34.0. The molecule has 2 heteroatoms. The standard InChI is InChI=1S/C83H140N2/c1-11-80(12-2)69-31-23-19-27-59(69)65-43-37-55(49-75(65)80)84(56-38-44-66-60-28-20-24-32-70(60)81(13-3,14-4)76(66)50-56)53-35-41-63-64-42-36-54(48-74(64)79(9,10)73(63)47-53)85(57-39-45-67-61-29-21-25-33-71(61)82(15-5,16-6)77(67)51-57)58-40-46-68-62-30-22-26-34-72(62)83(17-7,18-8)78(68)52-58/h53-78H,11-52H2,1-10H3. The Morgan fingerprint density at radius 1 is 0.212 bits per heavy atom. The first-order valence-corrected chi connectivity index (χ1v) is 41.0. The number of fused-ring (bicyclic) bond motifs is 15. The Morgan fingerprint density at radius 3 is 0.600 bits per heavy atom. The summed E-state index contributed by atoms with van der Waals surface area (Å²) in [5.74, 6) is 20.4. The van der Waals surface area contributed by atoms with E-state index in [1.807, 2.05) is 0 Å². The molecule has 26 atom stereocenters. The second kappa shape index (κ2) is 23.7. The van der Waals surface area contributed by atoms with E-state index in [4.69, 9.17) is 0 Å². The van der Waals surface area contributed by atoms with E-state index in [1.54, 1.807) is 167 Å². The third-order valence-corrected chi connectivity index (χ3v) is 36.9. The van der Waals surface area contributed by atoms with Gasteiger partial charge in [-0.3, -0.25) is 9.80 Å². The maximum absolute atomic E-state index is 3.60. The Morgan fingerprint density at radius 2 is 0.388 bits per heavy atom. The van der Waals surface area contributed by atoms with E-state index in [2.05, 4.69) is 79.0 Å². The molecule has 2 nitrogen and oxygen atoms in total. The summed E-state index contributed by atoms with van der Waals surface area (Å²) in [5, 5.41) is 0. The van der Waals surface area contributed by atoms with Crippen LogP contribution in [0, 0.1) is 145 Å². The van der Waals surface area contributed by atoms with Crippen molar-refractivity contribution in [3.63, 3.8) is 0 Å². The van der Waals surface area contributed by atoms with Crippen LogP contribution in [0.5, 0.6) is 0 Å². The lowest BCUT2D eigenvalue weighted by molar-refractivity contribution is -0.0578. The van der Waals surface area contributed by atoms with Gasteiger partial charge in [0.05, 0.1) is 0 Å². The summed E-state index contributed by atoms with van der Waals surface area (Å²) < 4.78 is 0. The SMILES string of the molecule is CCC1(CC)C2CCCCC2C2CCC(N(C3CCC4C5CCC(N(C6CCC7C8CCCCC8C(CC)(CC)C7C6)C6CCC7C8CCCCC8C(CC)(CC)C7C6)CC5C(C)(C)C4C3)C3CCC4C5CCCCC5C(CC)(CC)C4C3)CC21. The smallest absolute Gasteiger partial charge is 0.0104 e. The molecule has 15 aliphatic rings. The number of hydrogen-bond acceptors (Lipinski definition) is 2. The molecule has 0 amide bonds. The van der Waals surface area contributed by atoms with E-state index in [0.29, 0.717) is 27.1 Å². The molecule has 0 saturated heterocycles. The first kappa shape index (κ1) is 61.1. The molecule has 15 rings (SSSR count). The minimum absolute atomic E-state index is 0.456. The number of nitrogens with zero attached hydrogens (tertiary/aromatic N) is 2. The molecular formula is C83H140N2. The van der Waals surface area contributed by atoms with Gasteiger partial charge in [-0.15, -0.1) is 0 Å². The Balaban J connectivity index is 0.736. The Bertz CT molecular complexity index is 1980. The Hall–Kier alpha value is -0.0800. The van der Waals surface area contributed by atoms with Gasteiger partial charge in [-0.2, -0.15) is 0 Å². The zero-order valence-corrected chi connectivity index (χ0v) is 58.1. The molecule has 0 bridgehead atoms. The van der Waals surface area contributed by atoms with E-state index in [9.17, 15) is 0 Å². The number of hydrogen-bond donors (Lipinski definition) is 0. The molecule has 0 aromatic heterocycles. The van der Waals surface area contributed by atoms with E-state index in [0.717, 1.165) is 155 Å². The van der Waals surface area contributed by atoms with Crippen LogP contribution in [-0.4, -0.2) is 46.1 Å². The highest BCUT2D eigenvalue weighted by molar-refractivity contribution is 5.17. The van der Waals surface area contributed by atoms with Gasteiger partial charge in [-0.25, -0.2) is 0 Å². The molecule has 0 aromatic carbocycles. The van der Waals surface area contributed by atoms with E-state index in [-0.39, 0.29) is 0 Å². The molecule has 0 radical (unpaired) electrons. The Kier molecular flexibility index (Phi) is 17.1. The molecule has 0 aromatic rings. The average molecular weight is 1170 g/mol. The van der Waals surface area contributed by atoms with Crippen molar-refractivity contribution in [3.8, 4) is 0 Å². The normalized spacial score (nSPS) is 50.4. The summed E-state index contributed by atoms with van der Waals surface area (Å²) in [6.45, 7) is 27.4. The van der Waals surface area contributed by atoms with Crippen molar-refractivity contribution in [2.75, 3.05) is 0 Å². The molecule has 0 spiro atoms. The third-order valence-electron chi connectivity index (χ3n) is 36.9. The summed E-state index contributed by atoms with van der Waals surface area (Å²) in [6, 6.07) is 5.08. The highest BCUT2D eigenvalue weighted by atomic mass is 15.2. The maximum atomic E-state index is 3.60. The largest absolute Gasteiger partial charge is 0.294 e. The first-order chi connectivity index (χ1) is 41.4. The monoisotopic (exact) mass is 1170 g/mol. The van der Waals surface area contributed by atoms with Gasteiger partial charge in [0.25, 0.3) is 0 Å². The highest BCUT2D eigenvalue weighted by Crippen LogP contribution is 2.73. The van der Waals surface area contributed by atoms with Crippen LogP contribution in [0.4, 0.5) is 0 Å². The van der Waals surface area contributed by atoms with Gasteiger partial charge < -0.3 is 0 Å². The Labute approximate surface area is 527 Å². The topological polar surface area (TPSA) is 6.48 Å². The molecule has 15 saturated carbocycles. The lowest BCUT2D eigenvalue weighted by Crippen LogP contribution is -2.57. The van der Waals surface area contributed by atoms with Gasteiger partial charge in [0.2, 0.25) is 0 Å². The third kappa shape index (κ3) is 9.02. The van der Waals surface area contributed by atoms with E-state index < -0.39 is 0 Å². The molecule has 482 valence electrons. The van der Waals surface area contributed by atoms with Crippen LogP contribution < -0.4 is 0 Å². The van der Waals surface area contributed by atoms with E-state index in [1.165, 1.54) is 103 Å². The van der Waals surface area contributed by atoms with Crippen LogP contribution in [0.2, 0.25) is 0 Å². The van der Waals surface area contributed by atoms with Crippen LogP contribution in [-0.2, 0) is 0 Å². The minimum atomic E-state index is 0.456. The predicted octanol–water partition coefficient (Wildman–Crippen LogP) is 22.8. The van der Waals surface area contributed by atoms with Crippen molar-refractivity contribution in [2.45, 2.75) is 375 Å². The van der Waals surface area contributed by atoms with Crippen LogP contribution >= 0.6 is 0 Å². The van der Waals surface area contributed by atoms with Crippen molar-refractivity contribution in [1.29, 1.82) is 0 Å². The predicted molar refractivity (Wildman–Crippen MR) is 359 cm³/mol.